The maximum Gasteiger partial charge on any atom is 0.335 e. The first kappa shape index (κ1) is 33.0. The van der Waals surface area contributed by atoms with Gasteiger partial charge in [0.05, 0.1) is 24.0 Å². The number of aliphatic hydroxyl groups is 3. The summed E-state index contributed by atoms with van der Waals surface area (Å²) in [6, 6.07) is 17.0. The summed E-state index contributed by atoms with van der Waals surface area (Å²) in [5.74, 6) is -2.19. The maximum absolute atomic E-state index is 13.8. The van der Waals surface area contributed by atoms with Gasteiger partial charge in [-0.1, -0.05) is 6.07 Å². The Labute approximate surface area is 267 Å². The van der Waals surface area contributed by atoms with Crippen molar-refractivity contribution in [2.24, 2.45) is 12.8 Å². The minimum absolute atomic E-state index is 0.0233. The molecule has 8 N–H and O–H groups in total. The molecule has 1 fully saturated rings. The maximum atomic E-state index is 13.8. The molecule has 2 aromatic carbocycles. The molecule has 5 rings (SSSR count). The molecule has 47 heavy (non-hydrogen) atoms. The second-order valence-electron chi connectivity index (χ2n) is 10.8. The molecule has 5 atom stereocenters. The molecule has 0 aliphatic carbocycles. The lowest BCUT2D eigenvalue weighted by molar-refractivity contribution is -0.283. The van der Waals surface area contributed by atoms with E-state index in [0.29, 0.717) is 23.4 Å². The van der Waals surface area contributed by atoms with Crippen molar-refractivity contribution >= 4 is 46.2 Å². The minimum atomic E-state index is -2.01. The predicted molar refractivity (Wildman–Crippen MR) is 166 cm³/mol. The Morgan fingerprint density at radius 3 is 2.45 bits per heavy atom. The molecule has 16 nitrogen and oxygen atoms in total. The van der Waals surface area contributed by atoms with Crippen LogP contribution in [-0.2, 0) is 32.7 Å². The van der Waals surface area contributed by atoms with E-state index >= 15 is 0 Å². The van der Waals surface area contributed by atoms with Gasteiger partial charge in [-0.25, -0.2) is 14.8 Å². The smallest absolute Gasteiger partial charge is 0.335 e. The summed E-state index contributed by atoms with van der Waals surface area (Å²) < 4.78 is 11.7. The molecular weight excluding hydrogens is 614 g/mol. The van der Waals surface area contributed by atoms with Crippen LogP contribution in [0.15, 0.2) is 66.9 Å². The quantitative estimate of drug-likeness (QED) is 0.0660. The number of aromatic nitrogens is 3. The van der Waals surface area contributed by atoms with Crippen LogP contribution in [0.25, 0.3) is 11.0 Å². The van der Waals surface area contributed by atoms with Gasteiger partial charge in [0.2, 0.25) is 0 Å². The fourth-order valence-electron chi connectivity index (χ4n) is 5.08. The number of carbonyl (C=O) groups excluding carboxylic acids is 2. The first-order chi connectivity index (χ1) is 22.4. The summed E-state index contributed by atoms with van der Waals surface area (Å²) in [6.07, 6.45) is -8.55. The molecule has 0 spiro atoms. The number of nitrogens with two attached hydrogens (primary N) is 1. The normalized spacial score (nSPS) is 20.8. The van der Waals surface area contributed by atoms with E-state index < -0.39 is 55.0 Å². The van der Waals surface area contributed by atoms with Crippen molar-refractivity contribution in [1.29, 1.82) is 5.41 Å². The molecule has 2 aromatic heterocycles. The molecule has 1 aliphatic heterocycles. The summed E-state index contributed by atoms with van der Waals surface area (Å²) in [4.78, 5) is 48.2. The standard InChI is InChI=1S/C31H33N7O9/c1-37-20-10-7-17(14-19(20)36-22(37)15-35-18-8-5-16(6-9-18)28(32)33)29(42)38(21-4-2-3-12-34-21)13-11-23(39)46-26-24(40)27(30(43)44)47-31(45)25(26)41/h2-10,12,14,24-27,31,35,40-41,45H,11,13,15H2,1H3,(H3,32,33)(H,43,44). The van der Waals surface area contributed by atoms with Gasteiger partial charge in [0.25, 0.3) is 5.91 Å². The van der Waals surface area contributed by atoms with E-state index in [1.807, 2.05) is 23.7 Å². The largest absolute Gasteiger partial charge is 0.479 e. The molecule has 1 aliphatic rings. The zero-order valence-electron chi connectivity index (χ0n) is 25.1. The number of aryl methyl sites for hydroxylation is 1. The number of nitrogens with zero attached hydrogens (tertiary/aromatic N) is 4. The number of anilines is 2. The second kappa shape index (κ2) is 13.9. The Kier molecular flexibility index (Phi) is 9.76. The van der Waals surface area contributed by atoms with Crippen molar-refractivity contribution in [1.82, 2.24) is 14.5 Å². The number of hydrogen-bond donors (Lipinski definition) is 7. The van der Waals surface area contributed by atoms with E-state index in [9.17, 15) is 34.8 Å². The van der Waals surface area contributed by atoms with Gasteiger partial charge in [-0.15, -0.1) is 0 Å². The van der Waals surface area contributed by atoms with Crippen molar-refractivity contribution in [3.63, 3.8) is 0 Å². The number of carboxylic acids is 1. The molecule has 246 valence electrons. The Hall–Kier alpha value is -5.42. The van der Waals surface area contributed by atoms with Crippen LogP contribution in [0.2, 0.25) is 0 Å². The molecule has 3 heterocycles. The Morgan fingerprint density at radius 2 is 1.79 bits per heavy atom. The van der Waals surface area contributed by atoms with Gasteiger partial charge in [-0.2, -0.15) is 0 Å². The van der Waals surface area contributed by atoms with E-state index in [1.165, 1.54) is 11.1 Å². The molecule has 16 heteroatoms. The van der Waals surface area contributed by atoms with E-state index in [0.717, 1.165) is 11.2 Å². The minimum Gasteiger partial charge on any atom is -0.479 e. The van der Waals surface area contributed by atoms with Gasteiger partial charge in [0.1, 0.15) is 29.7 Å². The molecule has 0 saturated carbocycles. The lowest BCUT2D eigenvalue weighted by atomic mass is 9.98. The number of carbonyl (C=O) groups is 3. The Balaban J connectivity index is 1.30. The summed E-state index contributed by atoms with van der Waals surface area (Å²) in [5, 5.41) is 50.4. The lowest BCUT2D eigenvalue weighted by Gasteiger charge is -2.38. The monoisotopic (exact) mass is 647 g/mol. The number of fused-ring (bicyclic) bond motifs is 1. The first-order valence-corrected chi connectivity index (χ1v) is 14.4. The average Bonchev–Trinajstić information content (AvgIpc) is 3.38. The van der Waals surface area contributed by atoms with Crippen LogP contribution in [-0.4, -0.2) is 95.9 Å². The van der Waals surface area contributed by atoms with Crippen LogP contribution < -0.4 is 16.0 Å². The number of nitrogen functional groups attached to an aromatic ring is 1. The van der Waals surface area contributed by atoms with Crippen LogP contribution in [0.5, 0.6) is 0 Å². The second-order valence-corrected chi connectivity index (χ2v) is 10.8. The molecule has 5 unspecified atom stereocenters. The van der Waals surface area contributed by atoms with Crippen LogP contribution in [0, 0.1) is 5.41 Å². The number of pyridine rings is 1. The van der Waals surface area contributed by atoms with Crippen molar-refractivity contribution < 1.29 is 44.3 Å². The topological polar surface area (TPSA) is 246 Å². The van der Waals surface area contributed by atoms with E-state index in [2.05, 4.69) is 15.0 Å². The number of ether oxygens (including phenoxy) is 2. The lowest BCUT2D eigenvalue weighted by Crippen LogP contribution is -2.61. The molecule has 1 saturated heterocycles. The predicted octanol–water partition coefficient (Wildman–Crippen LogP) is 0.337. The Bertz CT molecular complexity index is 1780. The number of aliphatic carboxylic acids is 1. The van der Waals surface area contributed by atoms with Gasteiger partial charge >= 0.3 is 11.9 Å². The van der Waals surface area contributed by atoms with Crippen molar-refractivity contribution in [3.8, 4) is 0 Å². The number of nitrogens with one attached hydrogen (secondary N) is 2. The highest BCUT2D eigenvalue weighted by atomic mass is 16.7. The highest BCUT2D eigenvalue weighted by Gasteiger charge is 2.49. The summed E-state index contributed by atoms with van der Waals surface area (Å²) in [6.45, 7) is 0.143. The highest BCUT2D eigenvalue weighted by Crippen LogP contribution is 2.25. The number of imidazole rings is 1. The van der Waals surface area contributed by atoms with Crippen LogP contribution >= 0.6 is 0 Å². The number of amidine groups is 1. The van der Waals surface area contributed by atoms with Gasteiger partial charge in [-0.05, 0) is 54.6 Å². The number of aliphatic hydroxyl groups excluding tert-OH is 3. The number of carboxylic acid groups (broad SMARTS) is 1. The third kappa shape index (κ3) is 7.20. The van der Waals surface area contributed by atoms with E-state index in [1.54, 1.807) is 48.5 Å². The van der Waals surface area contributed by atoms with Crippen LogP contribution in [0.3, 0.4) is 0 Å². The number of hydrogen-bond acceptors (Lipinski definition) is 12. The van der Waals surface area contributed by atoms with Crippen LogP contribution in [0.1, 0.15) is 28.2 Å². The fraction of sp³-hybridized carbons (Fsp3) is 0.290. The Morgan fingerprint density at radius 1 is 1.06 bits per heavy atom. The molecule has 1 amide bonds. The number of rotatable bonds is 11. The van der Waals surface area contributed by atoms with Crippen LogP contribution in [0.4, 0.5) is 11.5 Å². The summed E-state index contributed by atoms with van der Waals surface area (Å²) >= 11 is 0. The van der Waals surface area contributed by atoms with Crippen molar-refractivity contribution in [2.45, 2.75) is 43.7 Å². The van der Waals surface area contributed by atoms with Gasteiger partial charge in [0, 0.05) is 36.6 Å². The summed E-state index contributed by atoms with van der Waals surface area (Å²) in [5.41, 5.74) is 8.52. The summed E-state index contributed by atoms with van der Waals surface area (Å²) in [7, 11) is 1.85. The van der Waals surface area contributed by atoms with E-state index in [4.69, 9.17) is 20.9 Å². The van der Waals surface area contributed by atoms with Gasteiger partial charge < -0.3 is 45.5 Å². The van der Waals surface area contributed by atoms with Crippen molar-refractivity contribution in [3.05, 3.63) is 83.8 Å². The first-order valence-electron chi connectivity index (χ1n) is 14.4. The molecular formula is C31H33N7O9. The number of esters is 1. The third-order valence-corrected chi connectivity index (χ3v) is 7.65. The molecule has 0 bridgehead atoms. The molecule has 4 aromatic rings. The third-order valence-electron chi connectivity index (χ3n) is 7.65. The zero-order chi connectivity index (χ0) is 33.8. The van der Waals surface area contributed by atoms with Gasteiger partial charge in [0.15, 0.2) is 18.5 Å². The van der Waals surface area contributed by atoms with Gasteiger partial charge in [-0.3, -0.25) is 19.9 Å². The van der Waals surface area contributed by atoms with E-state index in [-0.39, 0.29) is 23.8 Å². The number of benzene rings is 2. The van der Waals surface area contributed by atoms with Crippen molar-refractivity contribution in [2.75, 3.05) is 16.8 Å². The zero-order valence-corrected chi connectivity index (χ0v) is 25.1. The highest BCUT2D eigenvalue weighted by molar-refractivity contribution is 6.07. The molecule has 0 radical (unpaired) electrons. The fourth-order valence-corrected chi connectivity index (χ4v) is 5.08. The SMILES string of the molecule is Cn1c(CNc2ccc(C(=N)N)cc2)nc2cc(C(=O)N(CCC(=O)OC3C(O)C(O)OC(C(=O)O)C3O)c3ccccn3)ccc21. The average molecular weight is 648 g/mol. The number of amides is 1.